The van der Waals surface area contributed by atoms with Crippen LogP contribution < -0.4 is 9.80 Å². The fourth-order valence-corrected chi connectivity index (χ4v) is 5.92. The maximum absolute atomic E-state index is 13.7. The summed E-state index contributed by atoms with van der Waals surface area (Å²) in [6.45, 7) is 10.1. The van der Waals surface area contributed by atoms with Crippen LogP contribution in [0.5, 0.6) is 0 Å². The zero-order chi connectivity index (χ0) is 23.4. The summed E-state index contributed by atoms with van der Waals surface area (Å²) in [7, 11) is 6.49. The van der Waals surface area contributed by atoms with Crippen LogP contribution in [0.4, 0.5) is 11.5 Å². The third-order valence-corrected chi connectivity index (χ3v) is 8.56. The number of amides is 1. The second-order valence-electron chi connectivity index (χ2n) is 10.5. The smallest absolute Gasteiger partial charge is 0.256 e. The molecule has 3 aliphatic heterocycles. The largest absolute Gasteiger partial charge is 0.371 e. The first kappa shape index (κ1) is 22.3. The van der Waals surface area contributed by atoms with Crippen molar-refractivity contribution in [2.75, 3.05) is 44.0 Å². The molecule has 7 heteroatoms. The van der Waals surface area contributed by atoms with Gasteiger partial charge in [-0.3, -0.25) is 4.79 Å². The third-order valence-electron chi connectivity index (χ3n) is 8.56. The maximum atomic E-state index is 13.7. The van der Waals surface area contributed by atoms with E-state index in [1.165, 1.54) is 11.4 Å². The first-order valence-corrected chi connectivity index (χ1v) is 12.4. The molecule has 33 heavy (non-hydrogen) atoms. The van der Waals surface area contributed by atoms with Crippen molar-refractivity contribution in [2.24, 2.45) is 5.92 Å². The van der Waals surface area contributed by atoms with E-state index in [0.717, 1.165) is 42.9 Å². The van der Waals surface area contributed by atoms with Crippen LogP contribution in [0.25, 0.3) is 0 Å². The number of carbonyl (C=O) groups excluding carboxylic acids is 1. The number of aromatic nitrogens is 2. The van der Waals surface area contributed by atoms with E-state index in [0.29, 0.717) is 37.1 Å². The highest BCUT2D eigenvalue weighted by atomic mass is 16.2. The first-order chi connectivity index (χ1) is 15.8. The average molecular weight is 451 g/mol. The number of para-hydroxylation sites is 1. The van der Waals surface area contributed by atoms with Crippen LogP contribution in [0.2, 0.25) is 0 Å². The third kappa shape index (κ3) is 3.61. The fourth-order valence-electron chi connectivity index (χ4n) is 5.92. The Morgan fingerprint density at radius 2 is 1.73 bits per heavy atom. The van der Waals surface area contributed by atoms with Crippen LogP contribution >= 0.6 is 0 Å². The highest BCUT2D eigenvalue weighted by molar-refractivity contribution is 6.00. The number of fused-ring (bicyclic) bond motifs is 3. The van der Waals surface area contributed by atoms with Crippen LogP contribution in [0.15, 0.2) is 24.3 Å². The highest BCUT2D eigenvalue weighted by Crippen LogP contribution is 2.41. The summed E-state index contributed by atoms with van der Waals surface area (Å²) in [4.78, 5) is 22.8. The first-order valence-electron chi connectivity index (χ1n) is 12.4. The van der Waals surface area contributed by atoms with Crippen molar-refractivity contribution < 1.29 is 4.79 Å². The lowest BCUT2D eigenvalue weighted by molar-refractivity contribution is 0.0748. The molecule has 1 fully saturated rings. The van der Waals surface area contributed by atoms with Crippen molar-refractivity contribution in [3.05, 3.63) is 41.1 Å². The van der Waals surface area contributed by atoms with Crippen molar-refractivity contribution in [2.45, 2.75) is 64.8 Å². The lowest BCUT2D eigenvalue weighted by Crippen LogP contribution is -2.44. The van der Waals surface area contributed by atoms with E-state index in [1.54, 1.807) is 0 Å². The van der Waals surface area contributed by atoms with E-state index >= 15 is 0 Å². The summed E-state index contributed by atoms with van der Waals surface area (Å²) in [6, 6.07) is 9.58. The van der Waals surface area contributed by atoms with Crippen molar-refractivity contribution in [1.82, 2.24) is 19.6 Å². The van der Waals surface area contributed by atoms with Gasteiger partial charge in [0.25, 0.3) is 5.91 Å². The molecule has 1 aromatic heterocycles. The Labute approximate surface area is 197 Å². The Bertz CT molecular complexity index is 1040. The Morgan fingerprint density at radius 1 is 1.03 bits per heavy atom. The van der Waals surface area contributed by atoms with E-state index in [-0.39, 0.29) is 5.91 Å². The zero-order valence-corrected chi connectivity index (χ0v) is 21.0. The molecular formula is C26H38N6O. The molecule has 1 aromatic carbocycles. The molecular weight excluding hydrogens is 412 g/mol. The van der Waals surface area contributed by atoms with Gasteiger partial charge in [0.05, 0.1) is 30.4 Å². The number of rotatable bonds is 3. The molecule has 0 aliphatic carbocycles. The molecule has 1 saturated heterocycles. The second kappa shape index (κ2) is 8.35. The normalized spacial score (nSPS) is 25.5. The Kier molecular flexibility index (Phi) is 5.63. The predicted octanol–water partition coefficient (Wildman–Crippen LogP) is 3.60. The Hall–Kier alpha value is -2.54. The molecule has 0 N–H and O–H groups in total. The van der Waals surface area contributed by atoms with Gasteiger partial charge < -0.3 is 19.6 Å². The van der Waals surface area contributed by atoms with Gasteiger partial charge in [0, 0.05) is 43.5 Å². The summed E-state index contributed by atoms with van der Waals surface area (Å²) in [5.74, 6) is 1.84. The lowest BCUT2D eigenvalue weighted by Gasteiger charge is -2.41. The molecule has 0 bridgehead atoms. The van der Waals surface area contributed by atoms with Gasteiger partial charge in [-0.1, -0.05) is 19.1 Å². The number of anilines is 2. The molecule has 2 aromatic rings. The van der Waals surface area contributed by atoms with Gasteiger partial charge in [0.15, 0.2) is 0 Å². The minimum absolute atomic E-state index is 0.116. The number of hydrogen-bond donors (Lipinski definition) is 0. The van der Waals surface area contributed by atoms with E-state index < -0.39 is 0 Å². The minimum Gasteiger partial charge on any atom is -0.371 e. The average Bonchev–Trinajstić information content (AvgIpc) is 3.39. The van der Waals surface area contributed by atoms with Gasteiger partial charge >= 0.3 is 0 Å². The lowest BCUT2D eigenvalue weighted by atomic mass is 9.92. The molecule has 3 atom stereocenters. The second-order valence-corrected chi connectivity index (χ2v) is 10.5. The number of nitrogens with zero attached hydrogens (tertiary/aromatic N) is 6. The summed E-state index contributed by atoms with van der Waals surface area (Å²) in [5, 5.41) is 4.98. The molecule has 0 radical (unpaired) electrons. The van der Waals surface area contributed by atoms with Gasteiger partial charge in [-0.2, -0.15) is 5.10 Å². The SMILES string of the molecule is CC1C(C)N(C)c2c3c(nn2C1C)CN(C(=O)c1ccccc1N1CCC(N(C)C)CC1)C3. The molecule has 1 amide bonds. The Morgan fingerprint density at radius 3 is 2.42 bits per heavy atom. The molecule has 4 heterocycles. The standard InChI is InChI=1S/C26H38N6O/c1-17-18(2)29(6)25-22-15-31(16-23(22)27-32(25)19(17)3)26(33)21-9-7-8-10-24(21)30-13-11-20(12-14-30)28(4)5/h7-10,17-20H,11-16H2,1-6H3. The summed E-state index contributed by atoms with van der Waals surface area (Å²) in [5.41, 5.74) is 4.17. The van der Waals surface area contributed by atoms with Crippen LogP contribution in [0.1, 0.15) is 61.3 Å². The van der Waals surface area contributed by atoms with Crippen molar-refractivity contribution in [3.63, 3.8) is 0 Å². The summed E-state index contributed by atoms with van der Waals surface area (Å²) >= 11 is 0. The molecule has 0 saturated carbocycles. The molecule has 3 unspecified atom stereocenters. The molecule has 7 nitrogen and oxygen atoms in total. The van der Waals surface area contributed by atoms with Crippen molar-refractivity contribution in [3.8, 4) is 0 Å². The van der Waals surface area contributed by atoms with Gasteiger partial charge in [-0.05, 0) is 58.8 Å². The number of piperidine rings is 1. The number of hydrogen-bond acceptors (Lipinski definition) is 5. The fraction of sp³-hybridized carbons (Fsp3) is 0.615. The molecule has 5 rings (SSSR count). The van der Waals surface area contributed by atoms with Crippen LogP contribution in [-0.2, 0) is 13.1 Å². The quantitative estimate of drug-likeness (QED) is 0.715. The van der Waals surface area contributed by atoms with Crippen LogP contribution in [-0.4, -0.2) is 71.8 Å². The molecule has 3 aliphatic rings. The van der Waals surface area contributed by atoms with Gasteiger partial charge in [-0.25, -0.2) is 4.68 Å². The highest BCUT2D eigenvalue weighted by Gasteiger charge is 2.40. The van der Waals surface area contributed by atoms with E-state index in [4.69, 9.17) is 5.10 Å². The van der Waals surface area contributed by atoms with Crippen molar-refractivity contribution >= 4 is 17.4 Å². The topological polar surface area (TPSA) is 47.9 Å². The minimum atomic E-state index is 0.116. The Balaban J connectivity index is 1.37. The van der Waals surface area contributed by atoms with Gasteiger partial charge in [0.1, 0.15) is 5.82 Å². The summed E-state index contributed by atoms with van der Waals surface area (Å²) in [6.07, 6.45) is 2.26. The van der Waals surface area contributed by atoms with Crippen LogP contribution in [0.3, 0.4) is 0 Å². The summed E-state index contributed by atoms with van der Waals surface area (Å²) < 4.78 is 2.19. The van der Waals surface area contributed by atoms with Gasteiger partial charge in [-0.15, -0.1) is 0 Å². The van der Waals surface area contributed by atoms with E-state index in [1.807, 2.05) is 17.0 Å². The molecule has 0 spiro atoms. The monoisotopic (exact) mass is 450 g/mol. The van der Waals surface area contributed by atoms with Crippen molar-refractivity contribution in [1.29, 1.82) is 0 Å². The number of benzene rings is 1. The molecule has 178 valence electrons. The van der Waals surface area contributed by atoms with Gasteiger partial charge in [0.2, 0.25) is 0 Å². The van der Waals surface area contributed by atoms with E-state index in [2.05, 4.69) is 73.4 Å². The van der Waals surface area contributed by atoms with E-state index in [9.17, 15) is 4.79 Å². The maximum Gasteiger partial charge on any atom is 0.256 e. The zero-order valence-electron chi connectivity index (χ0n) is 21.0. The predicted molar refractivity (Wildman–Crippen MR) is 133 cm³/mol. The number of carbonyl (C=O) groups is 1. The van der Waals surface area contributed by atoms with Crippen LogP contribution in [0, 0.1) is 5.92 Å².